The highest BCUT2D eigenvalue weighted by atomic mass is 79.9. The van der Waals surface area contributed by atoms with Crippen molar-refractivity contribution >= 4 is 15.9 Å². The van der Waals surface area contributed by atoms with E-state index >= 15 is 0 Å². The van der Waals surface area contributed by atoms with Crippen LogP contribution in [0, 0.1) is 24.4 Å². The molecule has 0 spiro atoms. The number of alkyl halides is 6. The first-order valence-corrected chi connectivity index (χ1v) is 24.1. The molecule has 0 nitrogen and oxygen atoms in total. The Kier molecular flexibility index (Phi) is 25.0. The van der Waals surface area contributed by atoms with Crippen molar-refractivity contribution in [1.29, 1.82) is 0 Å². The fraction of sp³-hybridized carbons (Fsp3) is 0.400. The summed E-state index contributed by atoms with van der Waals surface area (Å²) < 4.78 is 113. The molecule has 0 atom stereocenters. The van der Waals surface area contributed by atoms with E-state index < -0.39 is 28.9 Å². The first-order chi connectivity index (χ1) is 32.0. The van der Waals surface area contributed by atoms with Gasteiger partial charge in [-0.25, -0.2) is 13.2 Å². The molecular weight excluding hydrogens is 972 g/mol. The summed E-state index contributed by atoms with van der Waals surface area (Å²) in [7, 11) is 0. The van der Waals surface area contributed by atoms with Gasteiger partial charge in [-0.15, -0.1) is 0 Å². The molecule has 70 heavy (non-hydrogen) atoms. The highest BCUT2D eigenvalue weighted by Gasteiger charge is 2.36. The molecule has 6 aromatic rings. The Labute approximate surface area is 422 Å². The molecular formula is C60H74BrF9. The smallest absolute Gasteiger partial charge is 0.207 e. The van der Waals surface area contributed by atoms with Gasteiger partial charge in [-0.05, 0) is 134 Å². The van der Waals surface area contributed by atoms with Gasteiger partial charge in [-0.1, -0.05) is 205 Å². The highest BCUT2D eigenvalue weighted by molar-refractivity contribution is 9.10. The minimum Gasteiger partial charge on any atom is -0.207 e. The number of hydrogen-bond donors (Lipinski definition) is 0. The maximum Gasteiger partial charge on any atom is 0.416 e. The monoisotopic (exact) mass is 1040 g/mol. The summed E-state index contributed by atoms with van der Waals surface area (Å²) in [5, 5.41) is 0. The molecule has 10 heteroatoms. The van der Waals surface area contributed by atoms with E-state index in [0.717, 1.165) is 39.4 Å². The molecule has 6 rings (SSSR count). The summed E-state index contributed by atoms with van der Waals surface area (Å²) in [6, 6.07) is 37.9. The molecule has 0 fully saturated rings. The number of rotatable bonds is 3. The van der Waals surface area contributed by atoms with Crippen LogP contribution in [0.1, 0.15) is 172 Å². The van der Waals surface area contributed by atoms with E-state index in [-0.39, 0.29) is 28.3 Å². The van der Waals surface area contributed by atoms with Gasteiger partial charge in [0, 0.05) is 4.47 Å². The first-order valence-electron chi connectivity index (χ1n) is 23.3. The van der Waals surface area contributed by atoms with Crippen LogP contribution in [0.2, 0.25) is 0 Å². The molecule has 0 saturated carbocycles. The van der Waals surface area contributed by atoms with Gasteiger partial charge >= 0.3 is 12.4 Å². The third kappa shape index (κ3) is 23.4. The van der Waals surface area contributed by atoms with Crippen LogP contribution >= 0.6 is 15.9 Å². The summed E-state index contributed by atoms with van der Waals surface area (Å²) >= 11 is 3.31. The van der Waals surface area contributed by atoms with E-state index in [4.69, 9.17) is 0 Å². The van der Waals surface area contributed by atoms with Gasteiger partial charge in [0.1, 0.15) is 17.5 Å². The maximum absolute atomic E-state index is 12.6. The molecule has 0 aliphatic heterocycles. The van der Waals surface area contributed by atoms with Gasteiger partial charge in [0.15, 0.2) is 0 Å². The second-order valence-corrected chi connectivity index (χ2v) is 21.8. The zero-order valence-corrected chi connectivity index (χ0v) is 45.4. The molecule has 0 saturated heterocycles. The molecule has 0 aliphatic rings. The average molecular weight is 1050 g/mol. The molecule has 0 heterocycles. The SMILES string of the molecule is CC(C)(C)c1ccc(C(F)(F)F)cc1.CC(C)(C)c1ccc(F)cc1.CC(C)(C)c1ccccc1C(F)(F)F.CC(C)c1ccc(F)cc1Br.CC(C)c1ccccc1.Cc1cc(F)ccc1C(C)C. The highest BCUT2D eigenvalue weighted by Crippen LogP contribution is 2.37. The van der Waals surface area contributed by atoms with E-state index in [2.05, 4.69) is 103 Å². The molecule has 0 radical (unpaired) electrons. The van der Waals surface area contributed by atoms with Gasteiger partial charge in [0.2, 0.25) is 0 Å². The van der Waals surface area contributed by atoms with Crippen LogP contribution in [-0.2, 0) is 28.6 Å². The van der Waals surface area contributed by atoms with Crippen LogP contribution in [0.5, 0.6) is 0 Å². The summed E-state index contributed by atoms with van der Waals surface area (Å²) in [5.41, 5.74) is 5.65. The largest absolute Gasteiger partial charge is 0.416 e. The number of halogens is 10. The third-order valence-corrected chi connectivity index (χ3v) is 11.4. The Morgan fingerprint density at radius 2 is 0.743 bits per heavy atom. The molecule has 6 aromatic carbocycles. The fourth-order valence-electron chi connectivity index (χ4n) is 6.59. The second kappa shape index (κ2) is 27.7. The molecule has 384 valence electrons. The van der Waals surface area contributed by atoms with Crippen molar-refractivity contribution in [3.05, 3.63) is 212 Å². The van der Waals surface area contributed by atoms with Crippen molar-refractivity contribution in [2.45, 2.75) is 157 Å². The van der Waals surface area contributed by atoms with Crippen molar-refractivity contribution < 1.29 is 39.5 Å². The van der Waals surface area contributed by atoms with Crippen LogP contribution in [0.25, 0.3) is 0 Å². The lowest BCUT2D eigenvalue weighted by Gasteiger charge is -2.23. The molecule has 0 unspecified atom stereocenters. The minimum absolute atomic E-state index is 0.107. The Morgan fingerprint density at radius 1 is 0.371 bits per heavy atom. The van der Waals surface area contributed by atoms with E-state index in [9.17, 15) is 39.5 Å². The fourth-order valence-corrected chi connectivity index (χ4v) is 7.40. The molecule has 0 bridgehead atoms. The lowest BCUT2D eigenvalue weighted by molar-refractivity contribution is -0.139. The lowest BCUT2D eigenvalue weighted by Crippen LogP contribution is -2.19. The number of hydrogen-bond acceptors (Lipinski definition) is 0. The van der Waals surface area contributed by atoms with Crippen LogP contribution in [-0.4, -0.2) is 0 Å². The molecule has 0 amide bonds. The molecule has 0 aromatic heterocycles. The molecule has 0 aliphatic carbocycles. The standard InChI is InChI=1S/2C11H13F3.2C10H13F.C9H10BrF.C9H12/c1-10(2,3)8-4-6-9(7-5-8)11(12,13)14;1-10(2,3)8-6-4-5-7-9(8)11(12,13)14;1-10(2,3)8-4-6-9(11)7-5-8;1-7(2)10-5-4-9(11)6-8(10)3;1-6(2)8-4-3-7(11)5-9(8)10;1-8(2)9-6-4-3-5-7-9/h2*4-7H,1-3H3;2*4-7H,1-3H3;3-6H,1-2H3;3-8H,1-2H3. The summed E-state index contributed by atoms with van der Waals surface area (Å²) in [5.74, 6) is 1.07. The van der Waals surface area contributed by atoms with E-state index in [1.165, 1.54) is 71.3 Å². The first kappa shape index (κ1) is 63.2. The quantitative estimate of drug-likeness (QED) is 0.155. The van der Waals surface area contributed by atoms with Crippen molar-refractivity contribution in [3.8, 4) is 0 Å². The van der Waals surface area contributed by atoms with Gasteiger partial charge in [0.25, 0.3) is 0 Å². The molecule has 0 N–H and O–H groups in total. The van der Waals surface area contributed by atoms with Crippen molar-refractivity contribution in [2.24, 2.45) is 0 Å². The minimum atomic E-state index is -4.26. The van der Waals surface area contributed by atoms with Gasteiger partial charge in [0.05, 0.1) is 11.1 Å². The zero-order chi connectivity index (χ0) is 54.0. The van der Waals surface area contributed by atoms with Crippen LogP contribution < -0.4 is 0 Å². The van der Waals surface area contributed by atoms with E-state index in [1.54, 1.807) is 32.9 Å². The Balaban J connectivity index is 0.000000422. The number of aryl methyl sites for hydroxylation is 1. The van der Waals surface area contributed by atoms with Crippen molar-refractivity contribution in [2.75, 3.05) is 0 Å². The normalized spacial score (nSPS) is 11.7. The summed E-state index contributed by atoms with van der Waals surface area (Å²) in [6.07, 6.45) is -8.50. The lowest BCUT2D eigenvalue weighted by atomic mass is 9.83. The second-order valence-electron chi connectivity index (χ2n) is 20.9. The number of benzene rings is 6. The topological polar surface area (TPSA) is 0 Å². The van der Waals surface area contributed by atoms with Crippen molar-refractivity contribution in [3.63, 3.8) is 0 Å². The van der Waals surface area contributed by atoms with Crippen LogP contribution in [0.4, 0.5) is 39.5 Å². The van der Waals surface area contributed by atoms with Crippen LogP contribution in [0.3, 0.4) is 0 Å². The van der Waals surface area contributed by atoms with Gasteiger partial charge in [-0.3, -0.25) is 0 Å². The van der Waals surface area contributed by atoms with Gasteiger partial charge < -0.3 is 0 Å². The predicted molar refractivity (Wildman–Crippen MR) is 279 cm³/mol. The Morgan fingerprint density at radius 3 is 1.07 bits per heavy atom. The summed E-state index contributed by atoms with van der Waals surface area (Å²) in [4.78, 5) is 0. The third-order valence-electron chi connectivity index (χ3n) is 10.7. The van der Waals surface area contributed by atoms with Crippen LogP contribution in [0.15, 0.2) is 144 Å². The Bertz CT molecular complexity index is 2290. The van der Waals surface area contributed by atoms with Gasteiger partial charge in [-0.2, -0.15) is 26.3 Å². The zero-order valence-electron chi connectivity index (χ0n) is 43.8. The Hall–Kier alpha value is -4.83. The summed E-state index contributed by atoms with van der Waals surface area (Å²) in [6.45, 7) is 32.3. The van der Waals surface area contributed by atoms with Crippen molar-refractivity contribution in [1.82, 2.24) is 0 Å². The van der Waals surface area contributed by atoms with E-state index in [0.29, 0.717) is 23.3 Å². The average Bonchev–Trinajstić information content (AvgIpc) is 3.23. The maximum atomic E-state index is 12.6. The van der Waals surface area contributed by atoms with E-state index in [1.807, 2.05) is 58.0 Å². The predicted octanol–water partition coefficient (Wildman–Crippen LogP) is 20.9.